The van der Waals surface area contributed by atoms with Crippen LogP contribution in [0.2, 0.25) is 0 Å². The van der Waals surface area contributed by atoms with E-state index in [-0.39, 0.29) is 12.4 Å². The number of nitrogens with zero attached hydrogens (tertiary/aromatic N) is 1. The molecule has 0 aromatic heterocycles. The first-order valence-electron chi connectivity index (χ1n) is 7.65. The molecule has 3 rings (SSSR count). The van der Waals surface area contributed by atoms with Gasteiger partial charge in [0.1, 0.15) is 0 Å². The molecule has 3 fully saturated rings. The maximum atomic E-state index is 12.4. The lowest BCUT2D eigenvalue weighted by molar-refractivity contribution is -0.134. The Morgan fingerprint density at radius 2 is 1.84 bits per heavy atom. The maximum absolute atomic E-state index is 12.4. The van der Waals surface area contributed by atoms with Crippen LogP contribution in [-0.4, -0.2) is 36.0 Å². The number of nitrogens with one attached hydrogen (secondary N) is 1. The fourth-order valence-electron chi connectivity index (χ4n) is 4.51. The number of rotatable bonds is 2. The molecule has 0 aromatic carbocycles. The van der Waals surface area contributed by atoms with Crippen LogP contribution in [0.5, 0.6) is 0 Å². The van der Waals surface area contributed by atoms with Crippen molar-refractivity contribution < 1.29 is 4.79 Å². The molecule has 3 aliphatic rings. The van der Waals surface area contributed by atoms with Crippen LogP contribution in [0.1, 0.15) is 46.0 Å². The molecule has 2 bridgehead atoms. The Labute approximate surface area is 122 Å². The van der Waals surface area contributed by atoms with E-state index >= 15 is 0 Å². The zero-order valence-electron chi connectivity index (χ0n) is 12.1. The highest BCUT2D eigenvalue weighted by Crippen LogP contribution is 2.49. The van der Waals surface area contributed by atoms with Gasteiger partial charge >= 0.3 is 0 Å². The number of hydrogen-bond acceptors (Lipinski definition) is 2. The summed E-state index contributed by atoms with van der Waals surface area (Å²) in [5, 5.41) is 3.49. The fraction of sp³-hybridized carbons (Fsp3) is 0.933. The van der Waals surface area contributed by atoms with E-state index in [4.69, 9.17) is 0 Å². The predicted octanol–water partition coefficient (Wildman–Crippen LogP) is 2.44. The summed E-state index contributed by atoms with van der Waals surface area (Å²) in [6.07, 6.45) is 6.37. The lowest BCUT2D eigenvalue weighted by Gasteiger charge is -2.37. The van der Waals surface area contributed by atoms with E-state index in [0.29, 0.717) is 23.9 Å². The highest BCUT2D eigenvalue weighted by molar-refractivity contribution is 5.85. The second-order valence-corrected chi connectivity index (χ2v) is 6.91. The Kier molecular flexibility index (Phi) is 4.78. The molecule has 5 atom stereocenters. The topological polar surface area (TPSA) is 32.3 Å². The van der Waals surface area contributed by atoms with Crippen molar-refractivity contribution >= 4 is 18.3 Å². The SMILES string of the molecule is CC1CN(C(=O)CC2CC3CCC2C3)CC(C)N1.Cl. The average molecular weight is 287 g/mol. The van der Waals surface area contributed by atoms with Crippen LogP contribution in [0.15, 0.2) is 0 Å². The third-order valence-corrected chi connectivity index (χ3v) is 5.23. The molecule has 1 amide bonds. The summed E-state index contributed by atoms with van der Waals surface area (Å²) in [5.41, 5.74) is 0. The Morgan fingerprint density at radius 1 is 1.16 bits per heavy atom. The molecule has 1 aliphatic heterocycles. The van der Waals surface area contributed by atoms with Gasteiger partial charge in [0.15, 0.2) is 0 Å². The van der Waals surface area contributed by atoms with E-state index in [2.05, 4.69) is 24.1 Å². The molecular weight excluding hydrogens is 260 g/mol. The summed E-state index contributed by atoms with van der Waals surface area (Å²) in [5.74, 6) is 2.94. The molecule has 2 saturated carbocycles. The van der Waals surface area contributed by atoms with Gasteiger partial charge in [-0.15, -0.1) is 12.4 Å². The zero-order valence-corrected chi connectivity index (χ0v) is 12.9. The first kappa shape index (κ1) is 15.1. The number of amides is 1. The zero-order chi connectivity index (χ0) is 12.7. The molecular formula is C15H27ClN2O. The second-order valence-electron chi connectivity index (χ2n) is 6.91. The van der Waals surface area contributed by atoms with Gasteiger partial charge < -0.3 is 10.2 Å². The highest BCUT2D eigenvalue weighted by Gasteiger charge is 2.40. The number of carbonyl (C=O) groups is 1. The predicted molar refractivity (Wildman–Crippen MR) is 79.4 cm³/mol. The molecule has 2 aliphatic carbocycles. The Bertz CT molecular complexity index is 326. The van der Waals surface area contributed by atoms with Crippen LogP contribution < -0.4 is 5.32 Å². The second kappa shape index (κ2) is 6.01. The van der Waals surface area contributed by atoms with E-state index in [9.17, 15) is 4.79 Å². The van der Waals surface area contributed by atoms with Crippen LogP contribution in [0, 0.1) is 17.8 Å². The number of piperazine rings is 1. The number of fused-ring (bicyclic) bond motifs is 2. The van der Waals surface area contributed by atoms with Gasteiger partial charge in [-0.1, -0.05) is 6.42 Å². The van der Waals surface area contributed by atoms with Crippen LogP contribution in [0.4, 0.5) is 0 Å². The summed E-state index contributed by atoms with van der Waals surface area (Å²) in [7, 11) is 0. The maximum Gasteiger partial charge on any atom is 0.222 e. The van der Waals surface area contributed by atoms with Gasteiger partial charge in [-0.05, 0) is 50.9 Å². The normalized spacial score (nSPS) is 41.2. The van der Waals surface area contributed by atoms with E-state index in [1.54, 1.807) is 0 Å². The summed E-state index contributed by atoms with van der Waals surface area (Å²) in [6.45, 7) is 6.13. The van der Waals surface area contributed by atoms with E-state index in [0.717, 1.165) is 31.3 Å². The largest absolute Gasteiger partial charge is 0.340 e. The minimum Gasteiger partial charge on any atom is -0.340 e. The number of hydrogen-bond donors (Lipinski definition) is 1. The fourth-order valence-corrected chi connectivity index (χ4v) is 4.51. The molecule has 0 radical (unpaired) electrons. The summed E-state index contributed by atoms with van der Waals surface area (Å²) < 4.78 is 0. The number of halogens is 1. The molecule has 19 heavy (non-hydrogen) atoms. The van der Waals surface area contributed by atoms with Crippen LogP contribution >= 0.6 is 12.4 Å². The van der Waals surface area contributed by atoms with Gasteiger partial charge in [-0.3, -0.25) is 4.79 Å². The van der Waals surface area contributed by atoms with Gasteiger partial charge in [0.05, 0.1) is 0 Å². The molecule has 1 heterocycles. The summed E-state index contributed by atoms with van der Waals surface area (Å²) in [4.78, 5) is 14.5. The molecule has 5 unspecified atom stereocenters. The van der Waals surface area contributed by atoms with Crippen molar-refractivity contribution in [2.24, 2.45) is 17.8 Å². The van der Waals surface area contributed by atoms with E-state index < -0.39 is 0 Å². The van der Waals surface area contributed by atoms with Crippen molar-refractivity contribution in [3.63, 3.8) is 0 Å². The van der Waals surface area contributed by atoms with Gasteiger partial charge in [-0.2, -0.15) is 0 Å². The molecule has 3 nitrogen and oxygen atoms in total. The van der Waals surface area contributed by atoms with Crippen LogP contribution in [0.3, 0.4) is 0 Å². The molecule has 110 valence electrons. The van der Waals surface area contributed by atoms with Crippen LogP contribution in [-0.2, 0) is 4.79 Å². The molecule has 1 N–H and O–H groups in total. The minimum absolute atomic E-state index is 0. The van der Waals surface area contributed by atoms with Gasteiger partial charge in [0, 0.05) is 31.6 Å². The van der Waals surface area contributed by atoms with Crippen molar-refractivity contribution in [3.8, 4) is 0 Å². The highest BCUT2D eigenvalue weighted by atomic mass is 35.5. The van der Waals surface area contributed by atoms with Gasteiger partial charge in [0.25, 0.3) is 0 Å². The Hall–Kier alpha value is -0.280. The first-order chi connectivity index (χ1) is 8.61. The molecule has 1 saturated heterocycles. The van der Waals surface area contributed by atoms with Crippen molar-refractivity contribution in [2.75, 3.05) is 13.1 Å². The number of carbonyl (C=O) groups excluding carboxylic acids is 1. The summed E-state index contributed by atoms with van der Waals surface area (Å²) in [6, 6.07) is 0.885. The Balaban J connectivity index is 0.00000133. The molecule has 4 heteroatoms. The van der Waals surface area contributed by atoms with Crippen molar-refractivity contribution in [2.45, 2.75) is 58.0 Å². The molecule has 0 spiro atoms. The standard InChI is InChI=1S/C15H26N2O.ClH/c1-10-8-17(9-11(2)16-10)15(18)7-14-6-12-3-4-13(14)5-12;/h10-14,16H,3-9H2,1-2H3;1H. The summed E-state index contributed by atoms with van der Waals surface area (Å²) >= 11 is 0. The van der Waals surface area contributed by atoms with Crippen molar-refractivity contribution in [1.82, 2.24) is 10.2 Å². The third-order valence-electron chi connectivity index (χ3n) is 5.23. The minimum atomic E-state index is 0. The quantitative estimate of drug-likeness (QED) is 0.846. The average Bonchev–Trinajstić information content (AvgIpc) is 2.89. The Morgan fingerprint density at radius 3 is 2.37 bits per heavy atom. The van der Waals surface area contributed by atoms with Gasteiger partial charge in [-0.25, -0.2) is 0 Å². The van der Waals surface area contributed by atoms with Crippen molar-refractivity contribution in [1.29, 1.82) is 0 Å². The van der Waals surface area contributed by atoms with Crippen molar-refractivity contribution in [3.05, 3.63) is 0 Å². The van der Waals surface area contributed by atoms with E-state index in [1.807, 2.05) is 0 Å². The smallest absolute Gasteiger partial charge is 0.222 e. The first-order valence-corrected chi connectivity index (χ1v) is 7.65. The van der Waals surface area contributed by atoms with E-state index in [1.165, 1.54) is 25.7 Å². The van der Waals surface area contributed by atoms with Gasteiger partial charge in [0.2, 0.25) is 5.91 Å². The third kappa shape index (κ3) is 3.25. The lowest BCUT2D eigenvalue weighted by atomic mass is 9.86. The monoisotopic (exact) mass is 286 g/mol. The van der Waals surface area contributed by atoms with Crippen LogP contribution in [0.25, 0.3) is 0 Å². The lowest BCUT2D eigenvalue weighted by Crippen LogP contribution is -2.56. The molecule has 0 aromatic rings.